The number of carbonyl (C=O) groups is 1. The first-order valence-corrected chi connectivity index (χ1v) is 7.99. The predicted molar refractivity (Wildman–Crippen MR) is 87.7 cm³/mol. The number of halogens is 1. The van der Waals surface area contributed by atoms with Gasteiger partial charge in [0.1, 0.15) is 0 Å². The minimum Gasteiger partial charge on any atom is -0.399 e. The van der Waals surface area contributed by atoms with Crippen LogP contribution in [0.15, 0.2) is 18.2 Å². The van der Waals surface area contributed by atoms with E-state index in [0.717, 1.165) is 6.54 Å². The van der Waals surface area contributed by atoms with E-state index in [1.807, 2.05) is 0 Å². The molecule has 1 aromatic rings. The molecule has 1 unspecified atom stereocenters. The van der Waals surface area contributed by atoms with E-state index in [4.69, 9.17) is 17.3 Å². The third kappa shape index (κ3) is 5.21. The number of nitrogens with one attached hydrogen (secondary N) is 1. The van der Waals surface area contributed by atoms with Crippen molar-refractivity contribution in [3.8, 4) is 0 Å². The molecule has 1 amide bonds. The number of anilines is 1. The van der Waals surface area contributed by atoms with Gasteiger partial charge in [0.05, 0.1) is 0 Å². The van der Waals surface area contributed by atoms with Crippen LogP contribution >= 0.6 is 11.6 Å². The zero-order valence-electron chi connectivity index (χ0n) is 12.6. The Kier molecular flexibility index (Phi) is 5.88. The minimum absolute atomic E-state index is 0.116. The molecule has 0 saturated carbocycles. The van der Waals surface area contributed by atoms with Crippen molar-refractivity contribution < 1.29 is 4.79 Å². The van der Waals surface area contributed by atoms with Crippen LogP contribution in [-0.2, 0) is 0 Å². The van der Waals surface area contributed by atoms with Gasteiger partial charge in [-0.25, -0.2) is 0 Å². The summed E-state index contributed by atoms with van der Waals surface area (Å²) in [6, 6.07) is 4.93. The first-order chi connectivity index (χ1) is 10.0. The van der Waals surface area contributed by atoms with E-state index < -0.39 is 0 Å². The summed E-state index contributed by atoms with van der Waals surface area (Å²) in [5, 5.41) is 3.45. The Bertz CT molecular complexity index is 466. The summed E-state index contributed by atoms with van der Waals surface area (Å²) in [4.78, 5) is 14.6. The Morgan fingerprint density at radius 2 is 2.05 bits per heavy atom. The molecule has 1 saturated heterocycles. The van der Waals surface area contributed by atoms with E-state index in [1.165, 1.54) is 32.4 Å². The number of benzene rings is 1. The largest absolute Gasteiger partial charge is 0.399 e. The summed E-state index contributed by atoms with van der Waals surface area (Å²) in [5.74, 6) is 0.318. The van der Waals surface area contributed by atoms with Crippen molar-refractivity contribution in [3.05, 3.63) is 28.8 Å². The van der Waals surface area contributed by atoms with Crippen LogP contribution in [0.1, 0.15) is 36.5 Å². The molecule has 0 radical (unpaired) electrons. The second-order valence-corrected chi connectivity index (χ2v) is 6.39. The number of nitrogens with two attached hydrogens (primary N) is 1. The molecule has 0 aromatic heterocycles. The molecule has 0 aliphatic carbocycles. The highest BCUT2D eigenvalue weighted by Gasteiger charge is 2.14. The lowest BCUT2D eigenvalue weighted by Gasteiger charge is -2.29. The molecule has 1 aliphatic rings. The van der Waals surface area contributed by atoms with Gasteiger partial charge in [-0.15, -0.1) is 0 Å². The number of amides is 1. The van der Waals surface area contributed by atoms with Crippen molar-refractivity contribution >= 4 is 23.2 Å². The van der Waals surface area contributed by atoms with E-state index in [-0.39, 0.29) is 5.91 Å². The zero-order chi connectivity index (χ0) is 15.2. The molecule has 1 aromatic carbocycles. The molecule has 1 fully saturated rings. The SMILES string of the molecule is CC(CNC(=O)c1cc(N)cc(Cl)c1)CN1CCCCC1. The maximum Gasteiger partial charge on any atom is 0.251 e. The van der Waals surface area contributed by atoms with E-state index >= 15 is 0 Å². The standard InChI is InChI=1S/C16H24ClN3O/c1-12(11-20-5-3-2-4-6-20)10-19-16(21)13-7-14(17)9-15(18)8-13/h7-9,12H,2-6,10-11,18H2,1H3,(H,19,21). The number of rotatable bonds is 5. The molecule has 21 heavy (non-hydrogen) atoms. The molecular weight excluding hydrogens is 286 g/mol. The molecule has 116 valence electrons. The summed E-state index contributed by atoms with van der Waals surface area (Å²) in [5.41, 5.74) is 6.73. The average Bonchev–Trinajstić information content (AvgIpc) is 2.45. The normalized spacial score (nSPS) is 17.4. The van der Waals surface area contributed by atoms with Gasteiger partial charge in [0, 0.05) is 29.4 Å². The molecule has 2 rings (SSSR count). The average molecular weight is 310 g/mol. The van der Waals surface area contributed by atoms with Crippen molar-refractivity contribution in [2.24, 2.45) is 5.92 Å². The van der Waals surface area contributed by atoms with Gasteiger partial charge in [-0.2, -0.15) is 0 Å². The zero-order valence-corrected chi connectivity index (χ0v) is 13.3. The third-order valence-corrected chi connectivity index (χ3v) is 4.03. The third-order valence-electron chi connectivity index (χ3n) is 3.81. The highest BCUT2D eigenvalue weighted by Crippen LogP contribution is 2.16. The second kappa shape index (κ2) is 7.66. The van der Waals surface area contributed by atoms with E-state index in [9.17, 15) is 4.79 Å². The number of hydrogen-bond donors (Lipinski definition) is 2. The van der Waals surface area contributed by atoms with Crippen molar-refractivity contribution in [1.82, 2.24) is 10.2 Å². The highest BCUT2D eigenvalue weighted by molar-refractivity contribution is 6.31. The fraction of sp³-hybridized carbons (Fsp3) is 0.562. The fourth-order valence-corrected chi connectivity index (χ4v) is 3.00. The molecular formula is C16H24ClN3O. The smallest absolute Gasteiger partial charge is 0.251 e. The molecule has 1 heterocycles. The number of piperidine rings is 1. The maximum atomic E-state index is 12.1. The Morgan fingerprint density at radius 1 is 1.33 bits per heavy atom. The Balaban J connectivity index is 1.79. The Morgan fingerprint density at radius 3 is 2.71 bits per heavy atom. The van der Waals surface area contributed by atoms with Gasteiger partial charge >= 0.3 is 0 Å². The van der Waals surface area contributed by atoms with Gasteiger partial charge in [-0.3, -0.25) is 4.79 Å². The lowest BCUT2D eigenvalue weighted by molar-refractivity contribution is 0.0942. The van der Waals surface area contributed by atoms with Crippen molar-refractivity contribution in [3.63, 3.8) is 0 Å². The van der Waals surface area contributed by atoms with Crippen LogP contribution in [0.25, 0.3) is 0 Å². The quantitative estimate of drug-likeness (QED) is 0.822. The van der Waals surface area contributed by atoms with Gasteiger partial charge in [0.2, 0.25) is 0 Å². The van der Waals surface area contributed by atoms with Crippen molar-refractivity contribution in [2.45, 2.75) is 26.2 Å². The van der Waals surface area contributed by atoms with Crippen LogP contribution < -0.4 is 11.1 Å². The lowest BCUT2D eigenvalue weighted by Crippen LogP contribution is -2.38. The topological polar surface area (TPSA) is 58.4 Å². The van der Waals surface area contributed by atoms with Crippen LogP contribution in [0, 0.1) is 5.92 Å². The van der Waals surface area contributed by atoms with Gasteiger partial charge in [0.15, 0.2) is 0 Å². The summed E-state index contributed by atoms with van der Waals surface area (Å²) >= 11 is 5.92. The number of nitrogens with zero attached hydrogens (tertiary/aromatic N) is 1. The number of likely N-dealkylation sites (tertiary alicyclic amines) is 1. The van der Waals surface area contributed by atoms with Crippen molar-refractivity contribution in [1.29, 1.82) is 0 Å². The first-order valence-electron chi connectivity index (χ1n) is 7.61. The van der Waals surface area contributed by atoms with Gasteiger partial charge in [-0.1, -0.05) is 24.9 Å². The molecule has 0 bridgehead atoms. The number of nitrogen functional groups attached to an aromatic ring is 1. The summed E-state index contributed by atoms with van der Waals surface area (Å²) in [6.45, 7) is 6.24. The van der Waals surface area contributed by atoms with E-state index in [2.05, 4.69) is 17.1 Å². The Hall–Kier alpha value is -1.26. The van der Waals surface area contributed by atoms with Crippen LogP contribution in [0.5, 0.6) is 0 Å². The van der Waals surface area contributed by atoms with Crippen LogP contribution in [0.4, 0.5) is 5.69 Å². The summed E-state index contributed by atoms with van der Waals surface area (Å²) in [6.07, 6.45) is 3.93. The molecule has 0 spiro atoms. The van der Waals surface area contributed by atoms with E-state index in [1.54, 1.807) is 18.2 Å². The first kappa shape index (κ1) is 16.1. The van der Waals surface area contributed by atoms with Crippen molar-refractivity contribution in [2.75, 3.05) is 31.9 Å². The van der Waals surface area contributed by atoms with Gasteiger partial charge < -0.3 is 16.0 Å². The van der Waals surface area contributed by atoms with E-state index in [0.29, 0.717) is 28.7 Å². The molecule has 1 aliphatic heterocycles. The lowest BCUT2D eigenvalue weighted by atomic mass is 10.1. The summed E-state index contributed by atoms with van der Waals surface area (Å²) in [7, 11) is 0. The molecule has 5 heteroatoms. The maximum absolute atomic E-state index is 12.1. The monoisotopic (exact) mass is 309 g/mol. The predicted octanol–water partition coefficient (Wildman–Crippen LogP) is 2.77. The van der Waals surface area contributed by atoms with Crippen LogP contribution in [-0.4, -0.2) is 37.0 Å². The second-order valence-electron chi connectivity index (χ2n) is 5.95. The minimum atomic E-state index is -0.116. The Labute approximate surface area is 131 Å². The summed E-state index contributed by atoms with van der Waals surface area (Å²) < 4.78 is 0. The number of hydrogen-bond acceptors (Lipinski definition) is 3. The van der Waals surface area contributed by atoms with Gasteiger partial charge in [0.25, 0.3) is 5.91 Å². The molecule has 1 atom stereocenters. The highest BCUT2D eigenvalue weighted by atomic mass is 35.5. The van der Waals surface area contributed by atoms with Crippen LogP contribution in [0.3, 0.4) is 0 Å². The number of carbonyl (C=O) groups excluding carboxylic acids is 1. The van der Waals surface area contributed by atoms with Crippen LogP contribution in [0.2, 0.25) is 5.02 Å². The molecule has 4 nitrogen and oxygen atoms in total. The fourth-order valence-electron chi connectivity index (χ4n) is 2.76. The van der Waals surface area contributed by atoms with Gasteiger partial charge in [-0.05, 0) is 50.0 Å². The molecule has 3 N–H and O–H groups in total.